The smallest absolute Gasteiger partial charge is 0.301 e. The van der Waals surface area contributed by atoms with Crippen LogP contribution in [0.15, 0.2) is 65.1 Å². The second-order valence-corrected chi connectivity index (χ2v) is 10.5. The van der Waals surface area contributed by atoms with Crippen molar-refractivity contribution >= 4 is 43.6 Å². The summed E-state index contributed by atoms with van der Waals surface area (Å²) in [5, 5.41) is 1.91. The van der Waals surface area contributed by atoms with Gasteiger partial charge in [-0.2, -0.15) is 13.2 Å². The van der Waals surface area contributed by atoms with Crippen LogP contribution in [0.25, 0.3) is 16.2 Å². The van der Waals surface area contributed by atoms with Gasteiger partial charge >= 0.3 is 12.1 Å². The van der Waals surface area contributed by atoms with E-state index in [-0.39, 0.29) is 17.0 Å². The van der Waals surface area contributed by atoms with Gasteiger partial charge in [-0.25, -0.2) is 13.4 Å². The Labute approximate surface area is 196 Å². The lowest BCUT2D eigenvalue weighted by Crippen LogP contribution is -2.44. The van der Waals surface area contributed by atoms with Crippen molar-refractivity contribution in [1.82, 2.24) is 9.38 Å². The summed E-state index contributed by atoms with van der Waals surface area (Å²) in [5.74, 6) is -1.97. The minimum atomic E-state index is -5.02. The molecule has 0 saturated carbocycles. The van der Waals surface area contributed by atoms with Crippen LogP contribution in [-0.4, -0.2) is 35.9 Å². The van der Waals surface area contributed by atoms with Gasteiger partial charge in [0.15, 0.2) is 4.96 Å². The maximum Gasteiger partial charge on any atom is 0.471 e. The molecule has 1 unspecified atom stereocenters. The van der Waals surface area contributed by atoms with Crippen molar-refractivity contribution in [2.75, 3.05) is 9.62 Å². The number of nitrogens with one attached hydrogen (secondary N) is 1. The summed E-state index contributed by atoms with van der Waals surface area (Å²) in [5.41, 5.74) is 2.15. The van der Waals surface area contributed by atoms with Gasteiger partial charge in [-0.1, -0.05) is 12.1 Å². The number of carbonyl (C=O) groups excluding carboxylic acids is 1. The minimum Gasteiger partial charge on any atom is -0.301 e. The first-order valence-corrected chi connectivity index (χ1v) is 12.5. The largest absolute Gasteiger partial charge is 0.471 e. The number of alkyl halides is 3. The van der Waals surface area contributed by atoms with Crippen molar-refractivity contribution in [2.45, 2.75) is 30.5 Å². The van der Waals surface area contributed by atoms with Gasteiger partial charge in [-0.05, 0) is 49.2 Å². The molecule has 2 aromatic heterocycles. The van der Waals surface area contributed by atoms with E-state index in [4.69, 9.17) is 0 Å². The number of sulfonamides is 1. The van der Waals surface area contributed by atoms with Crippen LogP contribution < -0.4 is 9.62 Å². The summed E-state index contributed by atoms with van der Waals surface area (Å²) < 4.78 is 69.3. The van der Waals surface area contributed by atoms with Crippen molar-refractivity contribution < 1.29 is 26.4 Å². The van der Waals surface area contributed by atoms with E-state index in [1.807, 2.05) is 28.2 Å². The number of aromatic nitrogens is 2. The first-order chi connectivity index (χ1) is 16.0. The zero-order valence-electron chi connectivity index (χ0n) is 17.6. The van der Waals surface area contributed by atoms with E-state index < -0.39 is 28.1 Å². The van der Waals surface area contributed by atoms with Gasteiger partial charge < -0.3 is 4.90 Å². The number of nitrogens with zero attached hydrogens (tertiary/aromatic N) is 3. The molecule has 0 radical (unpaired) electrons. The highest BCUT2D eigenvalue weighted by atomic mass is 32.2. The van der Waals surface area contributed by atoms with Crippen molar-refractivity contribution in [2.24, 2.45) is 0 Å². The molecular formula is C22H17F3N4O3S2. The number of amides is 1. The molecule has 0 bridgehead atoms. The number of thiazole rings is 1. The van der Waals surface area contributed by atoms with Crippen molar-refractivity contribution in [3.8, 4) is 11.3 Å². The number of rotatable bonds is 4. The number of hydrogen-bond acceptors (Lipinski definition) is 5. The fourth-order valence-electron chi connectivity index (χ4n) is 4.04. The maximum atomic E-state index is 13.0. The standard InChI is InChI=1S/C22H17F3N4O3S2/c1-13-9-15-11-17(5-6-19(15)29(13)20(30)22(23,24)25)34(31,32)27-16-4-2-3-14(10-16)18-12-28-7-8-33-21(28)26-18/h2-8,10-13,27H,9H2,1H3. The lowest BCUT2D eigenvalue weighted by Gasteiger charge is -2.23. The highest BCUT2D eigenvalue weighted by Gasteiger charge is 2.47. The number of carbonyl (C=O) groups is 1. The van der Waals surface area contributed by atoms with Crippen LogP contribution in [0.4, 0.5) is 24.5 Å². The third-order valence-corrected chi connectivity index (χ3v) is 7.69. The summed E-state index contributed by atoms with van der Waals surface area (Å²) in [4.78, 5) is 17.7. The monoisotopic (exact) mass is 506 g/mol. The first-order valence-electron chi connectivity index (χ1n) is 10.1. The van der Waals surface area contributed by atoms with Gasteiger partial charge in [0.1, 0.15) is 0 Å². The second kappa shape index (κ2) is 7.84. The molecule has 1 amide bonds. The van der Waals surface area contributed by atoms with Crippen LogP contribution in [-0.2, 0) is 21.2 Å². The highest BCUT2D eigenvalue weighted by Crippen LogP contribution is 2.37. The Bertz CT molecular complexity index is 1500. The van der Waals surface area contributed by atoms with Crippen LogP contribution in [0.5, 0.6) is 0 Å². The fraction of sp³-hybridized carbons (Fsp3) is 0.182. The minimum absolute atomic E-state index is 0.0653. The number of hydrogen-bond donors (Lipinski definition) is 1. The van der Waals surface area contributed by atoms with Gasteiger partial charge in [0, 0.05) is 40.8 Å². The Morgan fingerprint density at radius 3 is 2.74 bits per heavy atom. The van der Waals surface area contributed by atoms with Gasteiger partial charge in [0.05, 0.1) is 10.6 Å². The molecule has 1 aliphatic heterocycles. The average Bonchev–Trinajstić information content (AvgIpc) is 3.44. The highest BCUT2D eigenvalue weighted by molar-refractivity contribution is 7.92. The third kappa shape index (κ3) is 3.92. The summed E-state index contributed by atoms with van der Waals surface area (Å²) in [6, 6.07) is 9.77. The molecule has 34 heavy (non-hydrogen) atoms. The van der Waals surface area contributed by atoms with Crippen molar-refractivity contribution in [3.63, 3.8) is 0 Å². The maximum absolute atomic E-state index is 13.0. The number of halogens is 3. The van der Waals surface area contributed by atoms with E-state index in [9.17, 15) is 26.4 Å². The predicted octanol–water partition coefficient (Wildman–Crippen LogP) is 4.70. The van der Waals surface area contributed by atoms with Gasteiger partial charge in [0.2, 0.25) is 0 Å². The summed E-state index contributed by atoms with van der Waals surface area (Å²) in [6.45, 7) is 1.49. The Morgan fingerprint density at radius 1 is 1.21 bits per heavy atom. The van der Waals surface area contributed by atoms with E-state index in [1.54, 1.807) is 18.2 Å². The molecule has 5 rings (SSSR count). The zero-order valence-corrected chi connectivity index (χ0v) is 19.2. The van der Waals surface area contributed by atoms with Crippen LogP contribution in [0, 0.1) is 0 Å². The molecular weight excluding hydrogens is 489 g/mol. The molecule has 3 heterocycles. The Balaban J connectivity index is 1.42. The molecule has 0 saturated heterocycles. The molecule has 0 fully saturated rings. The first kappa shape index (κ1) is 22.4. The normalized spacial score (nSPS) is 16.1. The molecule has 1 aliphatic rings. The Kier molecular flexibility index (Phi) is 5.17. The van der Waals surface area contributed by atoms with Crippen LogP contribution in [0.3, 0.4) is 0 Å². The molecule has 0 aliphatic carbocycles. The van der Waals surface area contributed by atoms with Crippen LogP contribution in [0.1, 0.15) is 12.5 Å². The van der Waals surface area contributed by atoms with E-state index in [1.165, 1.54) is 36.5 Å². The Morgan fingerprint density at radius 2 is 2.00 bits per heavy atom. The van der Waals surface area contributed by atoms with E-state index >= 15 is 0 Å². The van der Waals surface area contributed by atoms with Crippen LogP contribution in [0.2, 0.25) is 0 Å². The lowest BCUT2D eigenvalue weighted by molar-refractivity contribution is -0.170. The van der Waals surface area contributed by atoms with Gasteiger partial charge in [-0.3, -0.25) is 13.9 Å². The van der Waals surface area contributed by atoms with Gasteiger partial charge in [0.25, 0.3) is 10.0 Å². The lowest BCUT2D eigenvalue weighted by atomic mass is 10.1. The van der Waals surface area contributed by atoms with E-state index in [0.717, 1.165) is 10.5 Å². The zero-order chi connectivity index (χ0) is 24.3. The molecule has 0 spiro atoms. The summed E-state index contributed by atoms with van der Waals surface area (Å²) in [6.07, 6.45) is -1.18. The molecule has 7 nitrogen and oxygen atoms in total. The van der Waals surface area contributed by atoms with Crippen molar-refractivity contribution in [1.29, 1.82) is 0 Å². The SMILES string of the molecule is CC1Cc2cc(S(=O)(=O)Nc3cccc(-c4cn5ccsc5n4)c3)ccc2N1C(=O)C(F)(F)F. The molecule has 12 heteroatoms. The summed E-state index contributed by atoms with van der Waals surface area (Å²) in [7, 11) is -4.03. The quantitative estimate of drug-likeness (QED) is 0.435. The second-order valence-electron chi connectivity index (χ2n) is 7.92. The predicted molar refractivity (Wildman–Crippen MR) is 122 cm³/mol. The van der Waals surface area contributed by atoms with Crippen LogP contribution >= 0.6 is 11.3 Å². The Hall–Kier alpha value is -3.38. The topological polar surface area (TPSA) is 83.8 Å². The molecule has 1 N–H and O–H groups in total. The number of imidazole rings is 1. The average molecular weight is 507 g/mol. The molecule has 4 aromatic rings. The number of anilines is 2. The van der Waals surface area contributed by atoms with Gasteiger partial charge in [-0.15, -0.1) is 11.3 Å². The molecule has 2 aromatic carbocycles. The number of fused-ring (bicyclic) bond motifs is 2. The number of benzene rings is 2. The summed E-state index contributed by atoms with van der Waals surface area (Å²) >= 11 is 1.48. The molecule has 176 valence electrons. The third-order valence-electron chi connectivity index (χ3n) is 5.54. The van der Waals surface area contributed by atoms with E-state index in [2.05, 4.69) is 9.71 Å². The van der Waals surface area contributed by atoms with Crippen molar-refractivity contribution in [3.05, 3.63) is 65.8 Å². The molecule has 1 atom stereocenters. The fourth-order valence-corrected chi connectivity index (χ4v) is 5.84. The van der Waals surface area contributed by atoms with E-state index in [0.29, 0.717) is 21.8 Å².